The lowest BCUT2D eigenvalue weighted by Gasteiger charge is -2.61. The first-order valence-corrected chi connectivity index (χ1v) is 17.3. The number of nitrogens with one attached hydrogen (secondary N) is 2. The Kier molecular flexibility index (Phi) is 8.65. The third-order valence-electron chi connectivity index (χ3n) is 12.2. The Morgan fingerprint density at radius 3 is 2.64 bits per heavy atom. The summed E-state index contributed by atoms with van der Waals surface area (Å²) in [4.78, 5) is 34.6. The standard InChI is InChI=1S/C33H52FN5O3/c1-37-15-6-8-22(37)12-13-36-33(41)25-20-39-27-11-10-21-7-2-3-9-23(21)31(27)42-32-28(35-14-18-38-16-4-5-17-38)26(34)19-24(29(32)39)30(25)40/h20-24,26-29,31-32,35H,2-19H2,1H3,(H,36,41). The molecule has 10 atom stereocenters. The van der Waals surface area contributed by atoms with Crippen molar-refractivity contribution in [2.24, 2.45) is 17.8 Å². The molecule has 0 aromatic rings. The molecule has 1 amide bonds. The number of halogens is 1. The van der Waals surface area contributed by atoms with E-state index in [1.54, 1.807) is 0 Å². The lowest BCUT2D eigenvalue weighted by molar-refractivity contribution is -0.220. The summed E-state index contributed by atoms with van der Waals surface area (Å²) < 4.78 is 23.2. The quantitative estimate of drug-likeness (QED) is 0.425. The predicted octanol–water partition coefficient (Wildman–Crippen LogP) is 2.87. The van der Waals surface area contributed by atoms with E-state index in [9.17, 15) is 9.59 Å². The molecule has 2 N–H and O–H groups in total. The summed E-state index contributed by atoms with van der Waals surface area (Å²) >= 11 is 0. The Morgan fingerprint density at radius 1 is 1.00 bits per heavy atom. The number of alkyl halides is 1. The number of amides is 1. The molecule has 0 aromatic carbocycles. The monoisotopic (exact) mass is 585 g/mol. The van der Waals surface area contributed by atoms with Crippen LogP contribution in [0.1, 0.15) is 77.0 Å². The van der Waals surface area contributed by atoms with Gasteiger partial charge in [0.05, 0.1) is 35.9 Å². The van der Waals surface area contributed by atoms with E-state index >= 15 is 4.39 Å². The average Bonchev–Trinajstić information content (AvgIpc) is 3.67. The lowest BCUT2D eigenvalue weighted by Crippen LogP contribution is -2.74. The summed E-state index contributed by atoms with van der Waals surface area (Å²) in [6.07, 6.45) is 13.4. The molecule has 42 heavy (non-hydrogen) atoms. The Labute approximate surface area is 251 Å². The first kappa shape index (κ1) is 29.2. The number of morpholine rings is 1. The third kappa shape index (κ3) is 5.45. The topological polar surface area (TPSA) is 77.2 Å². The predicted molar refractivity (Wildman–Crippen MR) is 160 cm³/mol. The number of fused-ring (bicyclic) bond motifs is 4. The van der Waals surface area contributed by atoms with E-state index in [0.29, 0.717) is 24.4 Å². The van der Waals surface area contributed by atoms with Gasteiger partial charge in [-0.2, -0.15) is 0 Å². The van der Waals surface area contributed by atoms with E-state index in [1.807, 2.05) is 6.20 Å². The van der Waals surface area contributed by atoms with Crippen molar-refractivity contribution in [3.05, 3.63) is 11.8 Å². The normalized spacial score (nSPS) is 42.1. The van der Waals surface area contributed by atoms with Crippen LogP contribution < -0.4 is 10.6 Å². The van der Waals surface area contributed by atoms with E-state index in [1.165, 1.54) is 44.9 Å². The van der Waals surface area contributed by atoms with Crippen LogP contribution in [0.25, 0.3) is 0 Å². The van der Waals surface area contributed by atoms with Crippen LogP contribution in [-0.2, 0) is 14.3 Å². The highest BCUT2D eigenvalue weighted by molar-refractivity contribution is 6.20. The Hall–Kier alpha value is -1.55. The van der Waals surface area contributed by atoms with Crippen LogP contribution in [0.5, 0.6) is 0 Å². The van der Waals surface area contributed by atoms with Crippen LogP contribution in [0.15, 0.2) is 11.8 Å². The van der Waals surface area contributed by atoms with Crippen LogP contribution in [-0.4, -0.2) is 115 Å². The lowest BCUT2D eigenvalue weighted by atomic mass is 9.64. The van der Waals surface area contributed by atoms with E-state index < -0.39 is 18.1 Å². The van der Waals surface area contributed by atoms with E-state index in [2.05, 4.69) is 32.4 Å². The van der Waals surface area contributed by atoms with Gasteiger partial charge < -0.3 is 30.1 Å². The molecule has 7 aliphatic rings. The molecule has 9 heteroatoms. The molecule has 8 nitrogen and oxygen atoms in total. The van der Waals surface area contributed by atoms with Crippen molar-refractivity contribution in [2.75, 3.05) is 46.3 Å². The van der Waals surface area contributed by atoms with Gasteiger partial charge >= 0.3 is 0 Å². The minimum Gasteiger partial charge on any atom is -0.369 e. The fourth-order valence-corrected chi connectivity index (χ4v) is 9.95. The van der Waals surface area contributed by atoms with Crippen molar-refractivity contribution >= 4 is 11.7 Å². The molecule has 4 heterocycles. The van der Waals surface area contributed by atoms with E-state index in [0.717, 1.165) is 58.4 Å². The summed E-state index contributed by atoms with van der Waals surface area (Å²) in [7, 11) is 2.14. The Balaban J connectivity index is 1.12. The minimum atomic E-state index is -1.18. The maximum atomic E-state index is 16.1. The number of Topliss-reactive ketones (excluding diaryl/α,β-unsaturated/α-hetero) is 1. The molecule has 10 unspecified atom stereocenters. The fourth-order valence-electron chi connectivity index (χ4n) is 9.95. The van der Waals surface area contributed by atoms with Gasteiger partial charge in [-0.3, -0.25) is 9.59 Å². The molecule has 0 aromatic heterocycles. The summed E-state index contributed by atoms with van der Waals surface area (Å²) in [5.74, 6) is 0.132. The van der Waals surface area contributed by atoms with Gasteiger partial charge in [-0.05, 0) is 96.3 Å². The molecule has 4 aliphatic heterocycles. The molecule has 3 saturated heterocycles. The summed E-state index contributed by atoms with van der Waals surface area (Å²) in [6.45, 7) is 5.56. The summed E-state index contributed by atoms with van der Waals surface area (Å²) in [6, 6.07) is -0.00430. The molecule has 234 valence electrons. The number of carbonyl (C=O) groups excluding carboxylic acids is 2. The molecular formula is C33H52FN5O3. The molecule has 7 rings (SSSR count). The largest absolute Gasteiger partial charge is 0.369 e. The Morgan fingerprint density at radius 2 is 1.83 bits per heavy atom. The molecule has 0 bridgehead atoms. The van der Waals surface area contributed by atoms with Gasteiger partial charge in [0.15, 0.2) is 5.78 Å². The number of ketones is 1. The number of rotatable bonds is 8. The van der Waals surface area contributed by atoms with Crippen LogP contribution in [0.4, 0.5) is 4.39 Å². The summed E-state index contributed by atoms with van der Waals surface area (Å²) in [5.41, 5.74) is 0.230. The van der Waals surface area contributed by atoms with Gasteiger partial charge in [-0.25, -0.2) is 4.39 Å². The van der Waals surface area contributed by atoms with Crippen molar-refractivity contribution < 1.29 is 18.7 Å². The highest BCUT2D eigenvalue weighted by Crippen LogP contribution is 2.50. The Bertz CT molecular complexity index is 1040. The third-order valence-corrected chi connectivity index (χ3v) is 12.2. The summed E-state index contributed by atoms with van der Waals surface area (Å²) in [5, 5.41) is 6.65. The van der Waals surface area contributed by atoms with E-state index in [-0.39, 0.29) is 48.0 Å². The van der Waals surface area contributed by atoms with Gasteiger partial charge in [0, 0.05) is 37.8 Å². The SMILES string of the molecule is CN1CCCC1CCNC(=O)C1=CN2C3CCC4CCCCC4C3OC3C(NCCN4CCCC4)C(F)CC(C1=O)C32. The van der Waals surface area contributed by atoms with Gasteiger partial charge in [-0.1, -0.05) is 19.3 Å². The van der Waals surface area contributed by atoms with Crippen LogP contribution in [0, 0.1) is 17.8 Å². The van der Waals surface area contributed by atoms with Crippen LogP contribution in [0.3, 0.4) is 0 Å². The second kappa shape index (κ2) is 12.4. The molecule has 0 radical (unpaired) electrons. The van der Waals surface area contributed by atoms with Gasteiger partial charge in [-0.15, -0.1) is 0 Å². The van der Waals surface area contributed by atoms with Crippen molar-refractivity contribution in [1.82, 2.24) is 25.3 Å². The van der Waals surface area contributed by atoms with Gasteiger partial charge in [0.1, 0.15) is 6.17 Å². The van der Waals surface area contributed by atoms with Crippen molar-refractivity contribution in [3.63, 3.8) is 0 Å². The maximum Gasteiger partial charge on any atom is 0.256 e. The second-order valence-electron chi connectivity index (χ2n) is 14.5. The molecule has 3 aliphatic carbocycles. The van der Waals surface area contributed by atoms with Crippen LogP contribution in [0.2, 0.25) is 0 Å². The van der Waals surface area contributed by atoms with Gasteiger partial charge in [0.2, 0.25) is 0 Å². The van der Waals surface area contributed by atoms with E-state index in [4.69, 9.17) is 4.74 Å². The molecular weight excluding hydrogens is 533 g/mol. The zero-order valence-electron chi connectivity index (χ0n) is 25.5. The minimum absolute atomic E-state index is 0.0331. The molecule has 6 fully saturated rings. The zero-order chi connectivity index (χ0) is 28.8. The molecule has 3 saturated carbocycles. The zero-order valence-corrected chi connectivity index (χ0v) is 25.5. The second-order valence-corrected chi connectivity index (χ2v) is 14.5. The highest BCUT2D eigenvalue weighted by atomic mass is 19.1. The number of nitrogens with zero attached hydrogens (tertiary/aromatic N) is 3. The average molecular weight is 586 g/mol. The number of hydrogen-bond donors (Lipinski definition) is 2. The smallest absolute Gasteiger partial charge is 0.256 e. The fraction of sp³-hybridized carbons (Fsp3) is 0.879. The maximum absolute atomic E-state index is 16.1. The van der Waals surface area contributed by atoms with Gasteiger partial charge in [0.25, 0.3) is 5.91 Å². The van der Waals surface area contributed by atoms with Crippen molar-refractivity contribution in [3.8, 4) is 0 Å². The molecule has 0 spiro atoms. The number of hydrogen-bond acceptors (Lipinski definition) is 7. The first-order valence-electron chi connectivity index (χ1n) is 17.3. The highest BCUT2D eigenvalue weighted by Gasteiger charge is 2.60. The van der Waals surface area contributed by atoms with Crippen molar-refractivity contribution in [1.29, 1.82) is 0 Å². The van der Waals surface area contributed by atoms with Crippen molar-refractivity contribution in [2.45, 2.75) is 120 Å². The number of ether oxygens (including phenoxy) is 1. The van der Waals surface area contributed by atoms with Crippen LogP contribution >= 0.6 is 0 Å². The number of likely N-dealkylation sites (tertiary alicyclic amines) is 2. The first-order chi connectivity index (χ1) is 20.5. The number of carbonyl (C=O) groups is 2.